The van der Waals surface area contributed by atoms with Gasteiger partial charge in [-0.05, 0) is 73.2 Å². The predicted molar refractivity (Wildman–Crippen MR) is 135 cm³/mol. The van der Waals surface area contributed by atoms with Crippen LogP contribution in [0.4, 0.5) is 10.1 Å². The maximum atomic E-state index is 13.9. The van der Waals surface area contributed by atoms with Crippen molar-refractivity contribution in [1.29, 1.82) is 0 Å². The van der Waals surface area contributed by atoms with Crippen molar-refractivity contribution < 1.29 is 17.6 Å². The lowest BCUT2D eigenvalue weighted by atomic mass is 9.89. The zero-order valence-electron chi connectivity index (χ0n) is 19.3. The van der Waals surface area contributed by atoms with Crippen LogP contribution in [0.25, 0.3) is 10.9 Å². The molecule has 0 unspecified atom stereocenters. The molecule has 1 aliphatic rings. The molecule has 0 saturated carbocycles. The lowest BCUT2D eigenvalue weighted by Crippen LogP contribution is -2.37. The molecule has 0 radical (unpaired) electrons. The highest BCUT2D eigenvalue weighted by atomic mass is 32.2. The van der Waals surface area contributed by atoms with Crippen molar-refractivity contribution in [2.45, 2.75) is 30.6 Å². The Morgan fingerprint density at radius 3 is 2.57 bits per heavy atom. The number of carbonyl (C=O) groups is 1. The van der Waals surface area contributed by atoms with E-state index in [1.54, 1.807) is 25.1 Å². The molecule has 3 aromatic carbocycles. The van der Waals surface area contributed by atoms with Gasteiger partial charge in [0.05, 0.1) is 4.90 Å². The Bertz CT molecular complexity index is 1510. The number of sulfonamides is 1. The molecule has 6 nitrogen and oxygen atoms in total. The highest BCUT2D eigenvalue weighted by Gasteiger charge is 2.26. The number of hydrogen-bond donors (Lipinski definition) is 2. The van der Waals surface area contributed by atoms with Gasteiger partial charge in [0.15, 0.2) is 0 Å². The van der Waals surface area contributed by atoms with E-state index in [0.717, 1.165) is 24.4 Å². The van der Waals surface area contributed by atoms with Crippen LogP contribution < -0.4 is 4.72 Å². The van der Waals surface area contributed by atoms with Crippen molar-refractivity contribution >= 4 is 32.5 Å². The standard InChI is InChI=1S/C27H26FN3O3S/c1-18-9-10-22(16-25(18)28)35(33,34)30-21-6-4-5-20(15-21)27(32)31-13-11-19(12-14-31)24-17-29-26-8-3-2-7-23(24)26/h2-10,15-17,19,29-30H,11-14H2,1H3. The third kappa shape index (κ3) is 4.66. The van der Waals surface area contributed by atoms with Gasteiger partial charge in [0, 0.05) is 41.4 Å². The van der Waals surface area contributed by atoms with E-state index < -0.39 is 15.8 Å². The predicted octanol–water partition coefficient (Wildman–Crippen LogP) is 5.44. The quantitative estimate of drug-likeness (QED) is 0.390. The van der Waals surface area contributed by atoms with Gasteiger partial charge in [-0.15, -0.1) is 0 Å². The van der Waals surface area contributed by atoms with Crippen LogP contribution in [-0.2, 0) is 10.0 Å². The first-order valence-electron chi connectivity index (χ1n) is 11.6. The summed E-state index contributed by atoms with van der Waals surface area (Å²) in [5, 5.41) is 1.23. The molecule has 0 bridgehead atoms. The maximum absolute atomic E-state index is 13.9. The van der Waals surface area contributed by atoms with Gasteiger partial charge in [0.25, 0.3) is 15.9 Å². The van der Waals surface area contributed by atoms with Gasteiger partial charge in [-0.25, -0.2) is 12.8 Å². The third-order valence-corrected chi connectivity index (χ3v) is 8.04. The summed E-state index contributed by atoms with van der Waals surface area (Å²) in [4.78, 5) is 18.1. The number of hydrogen-bond acceptors (Lipinski definition) is 3. The molecule has 2 heterocycles. The van der Waals surface area contributed by atoms with Crippen LogP contribution in [0.15, 0.2) is 77.8 Å². The van der Waals surface area contributed by atoms with E-state index in [9.17, 15) is 17.6 Å². The number of rotatable bonds is 5. The normalized spacial score (nSPS) is 14.9. The molecule has 4 aromatic rings. The van der Waals surface area contributed by atoms with E-state index in [1.165, 1.54) is 29.1 Å². The second-order valence-corrected chi connectivity index (χ2v) is 10.6. The second-order valence-electron chi connectivity index (χ2n) is 8.95. The molecule has 8 heteroatoms. The summed E-state index contributed by atoms with van der Waals surface area (Å²) in [5.41, 5.74) is 3.44. The van der Waals surface area contributed by atoms with Crippen molar-refractivity contribution in [2.75, 3.05) is 17.8 Å². The Hall–Kier alpha value is -3.65. The molecule has 1 saturated heterocycles. The highest BCUT2D eigenvalue weighted by molar-refractivity contribution is 7.92. The van der Waals surface area contributed by atoms with Crippen LogP contribution >= 0.6 is 0 Å². The molecule has 180 valence electrons. The van der Waals surface area contributed by atoms with Gasteiger partial charge in [0.2, 0.25) is 0 Å². The van der Waals surface area contributed by atoms with Gasteiger partial charge in [-0.3, -0.25) is 9.52 Å². The fourth-order valence-electron chi connectivity index (χ4n) is 4.68. The summed E-state index contributed by atoms with van der Waals surface area (Å²) in [7, 11) is -3.99. The Morgan fingerprint density at radius 2 is 1.80 bits per heavy atom. The van der Waals surface area contributed by atoms with Crippen molar-refractivity contribution in [1.82, 2.24) is 9.88 Å². The Balaban J connectivity index is 1.27. The van der Waals surface area contributed by atoms with Crippen molar-refractivity contribution in [3.63, 3.8) is 0 Å². The number of carbonyl (C=O) groups excluding carboxylic acids is 1. The summed E-state index contributed by atoms with van der Waals surface area (Å²) in [6.07, 6.45) is 3.79. The number of aryl methyl sites for hydroxylation is 1. The number of aromatic amines is 1. The zero-order valence-corrected chi connectivity index (χ0v) is 20.1. The molecular formula is C27H26FN3O3S. The monoisotopic (exact) mass is 491 g/mol. The molecule has 1 aliphatic heterocycles. The van der Waals surface area contributed by atoms with Crippen molar-refractivity contribution in [3.05, 3.63) is 95.4 Å². The van der Waals surface area contributed by atoms with Crippen LogP contribution in [0, 0.1) is 12.7 Å². The fraction of sp³-hybridized carbons (Fsp3) is 0.222. The smallest absolute Gasteiger partial charge is 0.261 e. The number of nitrogens with one attached hydrogen (secondary N) is 2. The molecule has 2 N–H and O–H groups in total. The first-order chi connectivity index (χ1) is 16.8. The summed E-state index contributed by atoms with van der Waals surface area (Å²) in [6.45, 7) is 2.82. The number of likely N-dealkylation sites (tertiary alicyclic amines) is 1. The average Bonchev–Trinajstić information content (AvgIpc) is 3.29. The molecule has 0 atom stereocenters. The number of aromatic nitrogens is 1. The summed E-state index contributed by atoms with van der Waals surface area (Å²) in [6, 6.07) is 18.4. The van der Waals surface area contributed by atoms with E-state index in [0.29, 0.717) is 30.1 Å². The van der Waals surface area contributed by atoms with Crippen LogP contribution in [0.3, 0.4) is 0 Å². The first-order valence-corrected chi connectivity index (χ1v) is 13.0. The van der Waals surface area contributed by atoms with Gasteiger partial charge in [0.1, 0.15) is 5.82 Å². The second kappa shape index (κ2) is 9.19. The Kier molecular flexibility index (Phi) is 6.06. The number of amides is 1. The van der Waals surface area contributed by atoms with Gasteiger partial charge in [-0.1, -0.05) is 30.3 Å². The Morgan fingerprint density at radius 1 is 1.03 bits per heavy atom. The van der Waals surface area contributed by atoms with Crippen LogP contribution in [-0.4, -0.2) is 37.3 Å². The summed E-state index contributed by atoms with van der Waals surface area (Å²) in [5.74, 6) is -0.346. The molecule has 1 fully saturated rings. The zero-order chi connectivity index (χ0) is 24.6. The minimum absolute atomic E-state index is 0.134. The number of anilines is 1. The molecule has 0 aliphatic carbocycles. The lowest BCUT2D eigenvalue weighted by Gasteiger charge is -2.32. The number of para-hydroxylation sites is 1. The number of halogens is 1. The lowest BCUT2D eigenvalue weighted by molar-refractivity contribution is 0.0713. The number of fused-ring (bicyclic) bond motifs is 1. The Labute approximate surface area is 203 Å². The van der Waals surface area contributed by atoms with E-state index in [2.05, 4.69) is 28.0 Å². The highest BCUT2D eigenvalue weighted by Crippen LogP contribution is 2.33. The van der Waals surface area contributed by atoms with E-state index in [-0.39, 0.29) is 16.5 Å². The number of benzene rings is 3. The van der Waals surface area contributed by atoms with E-state index in [1.807, 2.05) is 17.0 Å². The third-order valence-electron chi connectivity index (χ3n) is 6.66. The minimum Gasteiger partial charge on any atom is -0.361 e. The molecule has 35 heavy (non-hydrogen) atoms. The van der Waals surface area contributed by atoms with Gasteiger partial charge in [-0.2, -0.15) is 0 Å². The van der Waals surface area contributed by atoms with E-state index >= 15 is 0 Å². The molecular weight excluding hydrogens is 465 g/mol. The maximum Gasteiger partial charge on any atom is 0.261 e. The molecule has 1 aromatic heterocycles. The largest absolute Gasteiger partial charge is 0.361 e. The van der Waals surface area contributed by atoms with Crippen LogP contribution in [0.5, 0.6) is 0 Å². The topological polar surface area (TPSA) is 82.3 Å². The SMILES string of the molecule is Cc1ccc(S(=O)(=O)Nc2cccc(C(=O)N3CCC(c4c[nH]c5ccccc45)CC3)c2)cc1F. The first kappa shape index (κ1) is 23.1. The number of nitrogens with zero attached hydrogens (tertiary/aromatic N) is 1. The molecule has 5 rings (SSSR count). The van der Waals surface area contributed by atoms with E-state index in [4.69, 9.17) is 0 Å². The van der Waals surface area contributed by atoms with Crippen molar-refractivity contribution in [3.8, 4) is 0 Å². The van der Waals surface area contributed by atoms with Crippen LogP contribution in [0.2, 0.25) is 0 Å². The molecule has 0 spiro atoms. The van der Waals surface area contributed by atoms with Gasteiger partial charge >= 0.3 is 0 Å². The fourth-order valence-corrected chi connectivity index (χ4v) is 5.74. The summed E-state index contributed by atoms with van der Waals surface area (Å²) >= 11 is 0. The number of piperidine rings is 1. The van der Waals surface area contributed by atoms with Crippen LogP contribution in [0.1, 0.15) is 40.2 Å². The summed E-state index contributed by atoms with van der Waals surface area (Å²) < 4.78 is 41.8. The average molecular weight is 492 g/mol. The van der Waals surface area contributed by atoms with Gasteiger partial charge < -0.3 is 9.88 Å². The van der Waals surface area contributed by atoms with Crippen molar-refractivity contribution in [2.24, 2.45) is 0 Å². The number of H-pyrrole nitrogens is 1. The molecule has 1 amide bonds. The minimum atomic E-state index is -3.99.